The normalized spacial score (nSPS) is 19.2. The summed E-state index contributed by atoms with van der Waals surface area (Å²) in [6.45, 7) is 0. The summed E-state index contributed by atoms with van der Waals surface area (Å²) in [4.78, 5) is 1.84. The average Bonchev–Trinajstić information content (AvgIpc) is 1.59. The van der Waals surface area contributed by atoms with E-state index < -0.39 is 0 Å². The molecule has 3 heteroatoms. The van der Waals surface area contributed by atoms with Gasteiger partial charge in [-0.25, -0.2) is 0 Å². The van der Waals surface area contributed by atoms with Crippen LogP contribution < -0.4 is 0 Å². The molecule has 0 bridgehead atoms. The molecule has 0 fully saturated rings. The monoisotopic (exact) mass is 163 g/mol. The van der Waals surface area contributed by atoms with Crippen LogP contribution in [-0.4, -0.2) is 11.9 Å². The topological polar surface area (TPSA) is 3.24 Å². The van der Waals surface area contributed by atoms with Crippen LogP contribution in [-0.2, 0) is 0 Å². The Kier molecular flexibility index (Phi) is 2.04. The van der Waals surface area contributed by atoms with Gasteiger partial charge in [-0.1, -0.05) is 23.2 Å². The molecule has 0 saturated carbocycles. The summed E-state index contributed by atoms with van der Waals surface area (Å²) < 4.78 is 0. The van der Waals surface area contributed by atoms with E-state index in [9.17, 15) is 0 Å². The van der Waals surface area contributed by atoms with E-state index >= 15 is 0 Å². The summed E-state index contributed by atoms with van der Waals surface area (Å²) in [5.74, 6) is 0. The fraction of sp³-hybridized carbons (Fsp3) is 0.333. The van der Waals surface area contributed by atoms with Crippen LogP contribution >= 0.6 is 23.2 Å². The Hall–Kier alpha value is -0.140. The van der Waals surface area contributed by atoms with E-state index in [1.807, 2.05) is 24.3 Å². The first-order valence-electron chi connectivity index (χ1n) is 2.63. The lowest BCUT2D eigenvalue weighted by Crippen LogP contribution is -2.05. The SMILES string of the molecule is CN1C=C(Cl)CC(Cl)=C1. The summed E-state index contributed by atoms with van der Waals surface area (Å²) in [5.41, 5.74) is 0. The van der Waals surface area contributed by atoms with Crippen LogP contribution in [0.5, 0.6) is 0 Å². The molecule has 0 saturated heterocycles. The molecule has 0 aliphatic carbocycles. The molecule has 1 nitrogen and oxygen atoms in total. The van der Waals surface area contributed by atoms with E-state index in [2.05, 4.69) is 0 Å². The molecule has 0 N–H and O–H groups in total. The lowest BCUT2D eigenvalue weighted by Gasteiger charge is -2.14. The van der Waals surface area contributed by atoms with E-state index in [4.69, 9.17) is 23.2 Å². The van der Waals surface area contributed by atoms with Gasteiger partial charge in [0.05, 0.1) is 0 Å². The lowest BCUT2D eigenvalue weighted by molar-refractivity contribution is 0.607. The third-order valence-corrected chi connectivity index (χ3v) is 1.49. The van der Waals surface area contributed by atoms with Crippen LogP contribution in [0.3, 0.4) is 0 Å². The maximum atomic E-state index is 5.70. The van der Waals surface area contributed by atoms with Crippen molar-refractivity contribution in [2.24, 2.45) is 0 Å². The number of halogens is 2. The summed E-state index contributed by atoms with van der Waals surface area (Å²) in [6, 6.07) is 0. The molecule has 1 aliphatic heterocycles. The van der Waals surface area contributed by atoms with Crippen molar-refractivity contribution in [1.29, 1.82) is 0 Å². The molecular formula is C6H7Cl2N. The van der Waals surface area contributed by atoms with Gasteiger partial charge in [-0.15, -0.1) is 0 Å². The van der Waals surface area contributed by atoms with Crippen molar-refractivity contribution in [3.8, 4) is 0 Å². The van der Waals surface area contributed by atoms with Gasteiger partial charge in [0.15, 0.2) is 0 Å². The molecule has 0 aromatic rings. The molecule has 0 unspecified atom stereocenters. The van der Waals surface area contributed by atoms with Crippen LogP contribution in [0, 0.1) is 0 Å². The Labute approximate surface area is 64.5 Å². The van der Waals surface area contributed by atoms with Crippen LogP contribution in [0.25, 0.3) is 0 Å². The Morgan fingerprint density at radius 3 is 2.11 bits per heavy atom. The van der Waals surface area contributed by atoms with Crippen LogP contribution in [0.2, 0.25) is 0 Å². The Morgan fingerprint density at radius 1 is 1.33 bits per heavy atom. The molecule has 1 heterocycles. The molecule has 0 aromatic heterocycles. The second-order valence-electron chi connectivity index (χ2n) is 1.99. The third-order valence-electron chi connectivity index (χ3n) is 1.03. The van der Waals surface area contributed by atoms with E-state index in [1.165, 1.54) is 0 Å². The molecule has 0 amide bonds. The van der Waals surface area contributed by atoms with Gasteiger partial charge in [0.1, 0.15) is 0 Å². The Morgan fingerprint density at radius 2 is 1.78 bits per heavy atom. The summed E-state index contributed by atoms with van der Waals surface area (Å²) in [5, 5.41) is 1.56. The first-order valence-corrected chi connectivity index (χ1v) is 3.38. The van der Waals surface area contributed by atoms with Gasteiger partial charge in [-0.05, 0) is 0 Å². The van der Waals surface area contributed by atoms with E-state index in [-0.39, 0.29) is 0 Å². The summed E-state index contributed by atoms with van der Waals surface area (Å²) in [7, 11) is 1.89. The Balaban J connectivity index is 2.69. The molecule has 50 valence electrons. The quantitative estimate of drug-likeness (QED) is 0.531. The number of hydrogen-bond donors (Lipinski definition) is 0. The first kappa shape index (κ1) is 6.97. The predicted molar refractivity (Wildman–Crippen MR) is 40.3 cm³/mol. The second kappa shape index (κ2) is 2.63. The van der Waals surface area contributed by atoms with E-state index in [1.54, 1.807) is 0 Å². The predicted octanol–water partition coefficient (Wildman–Crippen LogP) is 2.48. The highest BCUT2D eigenvalue weighted by atomic mass is 35.5. The maximum Gasteiger partial charge on any atom is 0.0396 e. The van der Waals surface area contributed by atoms with Gasteiger partial charge in [-0.3, -0.25) is 0 Å². The lowest BCUT2D eigenvalue weighted by atomic mass is 10.3. The van der Waals surface area contributed by atoms with Crippen LogP contribution in [0.4, 0.5) is 0 Å². The van der Waals surface area contributed by atoms with E-state index in [0.29, 0.717) is 6.42 Å². The average molecular weight is 164 g/mol. The molecule has 1 aliphatic rings. The minimum absolute atomic E-state index is 0.674. The van der Waals surface area contributed by atoms with Crippen molar-refractivity contribution in [3.63, 3.8) is 0 Å². The smallest absolute Gasteiger partial charge is 0.0396 e. The summed E-state index contributed by atoms with van der Waals surface area (Å²) >= 11 is 11.4. The van der Waals surface area contributed by atoms with Gasteiger partial charge in [0, 0.05) is 35.9 Å². The standard InChI is InChI=1S/C6H7Cl2N/c1-9-3-5(7)2-6(8)4-9/h3-4H,2H2,1H3. The van der Waals surface area contributed by atoms with E-state index in [0.717, 1.165) is 10.1 Å². The number of allylic oxidation sites excluding steroid dienone is 2. The highest BCUT2D eigenvalue weighted by Gasteiger charge is 2.04. The third kappa shape index (κ3) is 1.92. The molecule has 0 aromatic carbocycles. The van der Waals surface area contributed by atoms with Crippen molar-refractivity contribution < 1.29 is 0 Å². The molecule has 1 rings (SSSR count). The van der Waals surface area contributed by atoms with Gasteiger partial charge in [-0.2, -0.15) is 0 Å². The van der Waals surface area contributed by atoms with Crippen molar-refractivity contribution in [1.82, 2.24) is 4.90 Å². The van der Waals surface area contributed by atoms with Gasteiger partial charge in [0.25, 0.3) is 0 Å². The molecule has 0 spiro atoms. The molecule has 0 radical (unpaired) electrons. The van der Waals surface area contributed by atoms with Gasteiger partial charge in [0.2, 0.25) is 0 Å². The highest BCUT2D eigenvalue weighted by molar-refractivity contribution is 6.34. The maximum absolute atomic E-state index is 5.70. The second-order valence-corrected chi connectivity index (χ2v) is 2.97. The van der Waals surface area contributed by atoms with Gasteiger partial charge < -0.3 is 4.90 Å². The zero-order chi connectivity index (χ0) is 6.85. The van der Waals surface area contributed by atoms with Crippen molar-refractivity contribution in [2.45, 2.75) is 6.42 Å². The van der Waals surface area contributed by atoms with Crippen LogP contribution in [0.15, 0.2) is 22.5 Å². The Bertz CT molecular complexity index is 154. The molecule has 9 heavy (non-hydrogen) atoms. The minimum Gasteiger partial charge on any atom is -0.355 e. The van der Waals surface area contributed by atoms with Crippen molar-refractivity contribution in [3.05, 3.63) is 22.5 Å². The zero-order valence-electron chi connectivity index (χ0n) is 5.06. The van der Waals surface area contributed by atoms with Crippen molar-refractivity contribution >= 4 is 23.2 Å². The van der Waals surface area contributed by atoms with Crippen LogP contribution in [0.1, 0.15) is 6.42 Å². The number of rotatable bonds is 0. The fourth-order valence-electron chi connectivity index (χ4n) is 0.732. The number of hydrogen-bond acceptors (Lipinski definition) is 1. The summed E-state index contributed by atoms with van der Waals surface area (Å²) in [6.07, 6.45) is 4.36. The van der Waals surface area contributed by atoms with Crippen molar-refractivity contribution in [2.75, 3.05) is 7.05 Å². The minimum atomic E-state index is 0.674. The first-order chi connectivity index (χ1) is 4.18. The molecule has 0 atom stereocenters. The number of nitrogens with zero attached hydrogens (tertiary/aromatic N) is 1. The highest BCUT2D eigenvalue weighted by Crippen LogP contribution is 2.22. The fourth-order valence-corrected chi connectivity index (χ4v) is 1.40. The zero-order valence-corrected chi connectivity index (χ0v) is 6.58. The van der Waals surface area contributed by atoms with Gasteiger partial charge >= 0.3 is 0 Å². The largest absolute Gasteiger partial charge is 0.355 e. The molecular weight excluding hydrogens is 157 g/mol.